The molecule has 0 aliphatic heterocycles. The molecule has 0 fully saturated rings. The fourth-order valence-corrected chi connectivity index (χ4v) is 2.32. The van der Waals surface area contributed by atoms with Crippen molar-refractivity contribution in [3.8, 4) is 0 Å². The van der Waals surface area contributed by atoms with E-state index < -0.39 is 16.2 Å². The number of aryl methyl sites for hydroxylation is 1. The lowest BCUT2D eigenvalue weighted by molar-refractivity contribution is -0.384. The van der Waals surface area contributed by atoms with Crippen LogP contribution in [0.15, 0.2) is 48.5 Å². The molecule has 0 radical (unpaired) electrons. The molecule has 0 heterocycles. The van der Waals surface area contributed by atoms with Crippen molar-refractivity contribution in [3.63, 3.8) is 0 Å². The minimum atomic E-state index is -2.27. The van der Waals surface area contributed by atoms with E-state index in [1.54, 1.807) is 12.1 Å². The van der Waals surface area contributed by atoms with Crippen molar-refractivity contribution in [3.05, 3.63) is 64.2 Å². The van der Waals surface area contributed by atoms with Gasteiger partial charge in [-0.25, -0.2) is 8.51 Å². The number of nitro benzene ring substituents is 1. The second-order valence-electron chi connectivity index (χ2n) is 4.13. The number of nitrogens with zero attached hydrogens (tertiary/aromatic N) is 2. The minimum Gasteiger partial charge on any atom is -0.289 e. The van der Waals surface area contributed by atoms with Gasteiger partial charge in [-0.05, 0) is 31.2 Å². The lowest BCUT2D eigenvalue weighted by atomic mass is 10.2. The molecule has 1 unspecified atom stereocenters. The molecule has 0 aliphatic carbocycles. The molecule has 0 bridgehead atoms. The quantitative estimate of drug-likeness (QED) is 0.533. The third kappa shape index (κ3) is 3.01. The first kappa shape index (κ1) is 14.2. The number of anilines is 2. The highest BCUT2D eigenvalue weighted by Gasteiger charge is 2.16. The Balaban J connectivity index is 2.40. The molecule has 7 heteroatoms. The van der Waals surface area contributed by atoms with Crippen LogP contribution in [0.25, 0.3) is 0 Å². The van der Waals surface area contributed by atoms with Crippen LogP contribution in [0.4, 0.5) is 17.1 Å². The number of hydrogen-bond donors (Lipinski definition) is 1. The van der Waals surface area contributed by atoms with E-state index in [-0.39, 0.29) is 5.69 Å². The Morgan fingerprint density at radius 2 is 1.50 bits per heavy atom. The van der Waals surface area contributed by atoms with Gasteiger partial charge in [0.15, 0.2) is 0 Å². The molecule has 2 aromatic rings. The Hall–Kier alpha value is -2.25. The molecule has 0 aromatic heterocycles. The topological polar surface area (TPSA) is 83.7 Å². The van der Waals surface area contributed by atoms with Gasteiger partial charge in [0.1, 0.15) is 0 Å². The molecule has 104 valence electrons. The molecular weight excluding hydrogens is 280 g/mol. The van der Waals surface area contributed by atoms with Crippen molar-refractivity contribution in [1.82, 2.24) is 0 Å². The van der Waals surface area contributed by atoms with E-state index in [4.69, 9.17) is 0 Å². The van der Waals surface area contributed by atoms with Crippen LogP contribution >= 0.6 is 0 Å². The van der Waals surface area contributed by atoms with Crippen LogP contribution in [-0.4, -0.2) is 13.7 Å². The molecule has 0 saturated carbocycles. The van der Waals surface area contributed by atoms with Crippen molar-refractivity contribution < 1.29 is 13.7 Å². The van der Waals surface area contributed by atoms with Crippen LogP contribution in [-0.2, 0) is 11.3 Å². The SMILES string of the molecule is Cc1ccc(N(c2ccc([N+](=O)[O-])cc2)S(=O)O)cc1. The van der Waals surface area contributed by atoms with Crippen molar-refractivity contribution in [2.75, 3.05) is 4.31 Å². The first-order valence-electron chi connectivity index (χ1n) is 5.71. The lowest BCUT2D eigenvalue weighted by Gasteiger charge is -2.20. The van der Waals surface area contributed by atoms with Crippen LogP contribution < -0.4 is 4.31 Å². The fraction of sp³-hybridized carbons (Fsp3) is 0.0769. The first-order chi connectivity index (χ1) is 9.49. The summed E-state index contributed by atoms with van der Waals surface area (Å²) in [5.74, 6) is 0. The second-order valence-corrected chi connectivity index (χ2v) is 4.96. The van der Waals surface area contributed by atoms with E-state index in [1.807, 2.05) is 19.1 Å². The number of hydrogen-bond acceptors (Lipinski definition) is 3. The number of rotatable bonds is 4. The van der Waals surface area contributed by atoms with Crippen molar-refractivity contribution in [2.45, 2.75) is 6.92 Å². The Bertz CT molecular complexity index is 640. The second kappa shape index (κ2) is 5.81. The van der Waals surface area contributed by atoms with Crippen molar-refractivity contribution in [2.24, 2.45) is 0 Å². The van der Waals surface area contributed by atoms with E-state index in [0.717, 1.165) is 5.56 Å². The summed E-state index contributed by atoms with van der Waals surface area (Å²) in [4.78, 5) is 10.1. The fourth-order valence-electron chi connectivity index (χ4n) is 1.72. The summed E-state index contributed by atoms with van der Waals surface area (Å²) in [5.41, 5.74) is 1.90. The predicted molar refractivity (Wildman–Crippen MR) is 77.2 cm³/mol. The van der Waals surface area contributed by atoms with Crippen LogP contribution in [0.5, 0.6) is 0 Å². The van der Waals surface area contributed by atoms with Crippen LogP contribution in [0.2, 0.25) is 0 Å². The zero-order chi connectivity index (χ0) is 14.7. The molecule has 1 N–H and O–H groups in total. The Morgan fingerprint density at radius 1 is 1.05 bits per heavy atom. The highest BCUT2D eigenvalue weighted by atomic mass is 32.2. The summed E-state index contributed by atoms with van der Waals surface area (Å²) in [6, 6.07) is 12.5. The van der Waals surface area contributed by atoms with Crippen molar-refractivity contribution >= 4 is 28.3 Å². The molecule has 6 nitrogen and oxygen atoms in total. The van der Waals surface area contributed by atoms with Crippen LogP contribution in [0.1, 0.15) is 5.56 Å². The van der Waals surface area contributed by atoms with E-state index in [0.29, 0.717) is 11.4 Å². The van der Waals surface area contributed by atoms with Gasteiger partial charge in [-0.3, -0.25) is 14.7 Å². The standard InChI is InChI=1S/C13H12N2O4S/c1-10-2-4-11(5-3-10)14(20(18)19)12-6-8-13(9-7-12)15(16)17/h2-9H,1H3,(H,18,19). The molecule has 20 heavy (non-hydrogen) atoms. The zero-order valence-electron chi connectivity index (χ0n) is 10.6. The van der Waals surface area contributed by atoms with E-state index in [1.165, 1.54) is 28.6 Å². The summed E-state index contributed by atoms with van der Waals surface area (Å²) < 4.78 is 22.1. The highest BCUT2D eigenvalue weighted by Crippen LogP contribution is 2.28. The normalized spacial score (nSPS) is 11.9. The summed E-state index contributed by atoms with van der Waals surface area (Å²) in [6.07, 6.45) is 0. The van der Waals surface area contributed by atoms with Gasteiger partial charge in [0.25, 0.3) is 17.0 Å². The predicted octanol–water partition coefficient (Wildman–Crippen LogP) is 3.18. The Morgan fingerprint density at radius 3 is 1.90 bits per heavy atom. The largest absolute Gasteiger partial charge is 0.289 e. The van der Waals surface area contributed by atoms with Crippen LogP contribution in [0.3, 0.4) is 0 Å². The number of non-ortho nitro benzene ring substituents is 1. The molecule has 0 amide bonds. The van der Waals surface area contributed by atoms with Gasteiger partial charge in [-0.2, -0.15) is 0 Å². The monoisotopic (exact) mass is 292 g/mol. The number of benzene rings is 2. The van der Waals surface area contributed by atoms with E-state index in [9.17, 15) is 18.9 Å². The van der Waals surface area contributed by atoms with Crippen LogP contribution in [0, 0.1) is 17.0 Å². The summed E-state index contributed by atoms with van der Waals surface area (Å²) in [6.45, 7) is 1.91. The first-order valence-corrected chi connectivity index (χ1v) is 6.77. The Kier molecular flexibility index (Phi) is 4.11. The molecule has 2 rings (SSSR count). The average molecular weight is 292 g/mol. The van der Waals surface area contributed by atoms with Gasteiger partial charge in [-0.1, -0.05) is 17.7 Å². The third-order valence-corrected chi connectivity index (χ3v) is 3.45. The molecule has 0 spiro atoms. The smallest absolute Gasteiger partial charge is 0.269 e. The third-order valence-electron chi connectivity index (χ3n) is 2.72. The van der Waals surface area contributed by atoms with Gasteiger partial charge in [0, 0.05) is 12.1 Å². The van der Waals surface area contributed by atoms with E-state index >= 15 is 0 Å². The van der Waals surface area contributed by atoms with E-state index in [2.05, 4.69) is 0 Å². The zero-order valence-corrected chi connectivity index (χ0v) is 11.4. The van der Waals surface area contributed by atoms with Gasteiger partial charge in [0.05, 0.1) is 16.3 Å². The molecule has 0 saturated heterocycles. The highest BCUT2D eigenvalue weighted by molar-refractivity contribution is 7.81. The maximum absolute atomic E-state index is 11.5. The maximum atomic E-state index is 11.5. The molecule has 0 aliphatic rings. The Labute approximate surface area is 118 Å². The van der Waals surface area contributed by atoms with Gasteiger partial charge in [0.2, 0.25) is 0 Å². The average Bonchev–Trinajstić information content (AvgIpc) is 2.41. The van der Waals surface area contributed by atoms with Gasteiger partial charge < -0.3 is 0 Å². The van der Waals surface area contributed by atoms with Gasteiger partial charge in [-0.15, -0.1) is 0 Å². The molecule has 1 atom stereocenters. The lowest BCUT2D eigenvalue weighted by Crippen LogP contribution is -2.19. The minimum absolute atomic E-state index is 0.0682. The summed E-state index contributed by atoms with van der Waals surface area (Å²) in [7, 11) is 0. The molecule has 2 aromatic carbocycles. The summed E-state index contributed by atoms with van der Waals surface area (Å²) in [5, 5.41) is 10.6. The molecular formula is C13H12N2O4S. The van der Waals surface area contributed by atoms with Gasteiger partial charge >= 0.3 is 0 Å². The number of nitro groups is 1. The van der Waals surface area contributed by atoms with Crippen molar-refractivity contribution in [1.29, 1.82) is 0 Å². The maximum Gasteiger partial charge on any atom is 0.269 e. The summed E-state index contributed by atoms with van der Waals surface area (Å²) >= 11 is -2.27.